The first kappa shape index (κ1) is 7.25. The maximum Gasteiger partial charge on any atom is 0.0800 e. The van der Waals surface area contributed by atoms with E-state index in [1.54, 1.807) is 0 Å². The highest BCUT2D eigenvalue weighted by Gasteiger charge is 1.91. The van der Waals surface area contributed by atoms with Gasteiger partial charge in [0.1, 0.15) is 0 Å². The van der Waals surface area contributed by atoms with Crippen molar-refractivity contribution in [2.45, 2.75) is 31.7 Å². The van der Waals surface area contributed by atoms with Crippen LogP contribution < -0.4 is 5.73 Å². The molecule has 7 heavy (non-hydrogen) atoms. The van der Waals surface area contributed by atoms with Crippen LogP contribution in [0.3, 0.4) is 0 Å². The zero-order valence-electron chi connectivity index (χ0n) is 4.65. The molecular weight excluding hydrogens is 110 g/mol. The van der Waals surface area contributed by atoms with Crippen LogP contribution in [-0.4, -0.2) is 5.50 Å². The average Bonchev–Trinajstić information content (AvgIpc) is 1.61. The van der Waals surface area contributed by atoms with E-state index in [0.29, 0.717) is 0 Å². The molecule has 0 radical (unpaired) electrons. The summed E-state index contributed by atoms with van der Waals surface area (Å²) in [5.41, 5.74) is 5.12. The van der Waals surface area contributed by atoms with Crippen LogP contribution in [0.2, 0.25) is 0 Å². The van der Waals surface area contributed by atoms with Crippen molar-refractivity contribution in [1.82, 2.24) is 0 Å². The van der Waals surface area contributed by atoms with E-state index >= 15 is 0 Å². The van der Waals surface area contributed by atoms with Gasteiger partial charge in [0.15, 0.2) is 0 Å². The molecule has 44 valence electrons. The van der Waals surface area contributed by atoms with Gasteiger partial charge in [-0.05, 0) is 6.42 Å². The van der Waals surface area contributed by atoms with Gasteiger partial charge >= 0.3 is 0 Å². The van der Waals surface area contributed by atoms with Gasteiger partial charge < -0.3 is 5.73 Å². The Bertz CT molecular complexity index is 37.1. The molecule has 0 fully saturated rings. The predicted molar refractivity (Wildman–Crippen MR) is 33.4 cm³/mol. The van der Waals surface area contributed by atoms with E-state index in [4.69, 9.17) is 17.3 Å². The first-order valence-electron chi connectivity index (χ1n) is 2.67. The minimum absolute atomic E-state index is 0.125. The van der Waals surface area contributed by atoms with Crippen molar-refractivity contribution in [1.29, 1.82) is 0 Å². The van der Waals surface area contributed by atoms with Gasteiger partial charge in [-0.3, -0.25) is 0 Å². The van der Waals surface area contributed by atoms with Crippen LogP contribution in [-0.2, 0) is 0 Å². The average molecular weight is 122 g/mol. The molecule has 0 aliphatic rings. The summed E-state index contributed by atoms with van der Waals surface area (Å²) in [6, 6.07) is 0. The highest BCUT2D eigenvalue weighted by atomic mass is 35.5. The summed E-state index contributed by atoms with van der Waals surface area (Å²) in [7, 11) is 0. The molecule has 1 unspecified atom stereocenters. The number of rotatable bonds is 3. The van der Waals surface area contributed by atoms with Crippen molar-refractivity contribution >= 4 is 11.6 Å². The minimum atomic E-state index is -0.125. The van der Waals surface area contributed by atoms with E-state index in [0.717, 1.165) is 12.8 Å². The summed E-state index contributed by atoms with van der Waals surface area (Å²) in [5, 5.41) is 0. The van der Waals surface area contributed by atoms with E-state index < -0.39 is 0 Å². The summed E-state index contributed by atoms with van der Waals surface area (Å²) in [5.74, 6) is 0. The smallest absolute Gasteiger partial charge is 0.0800 e. The standard InChI is InChI=1S/C5H12ClN/c1-2-3-4-5(6)7/h5H,2-4,7H2,1H3. The summed E-state index contributed by atoms with van der Waals surface area (Å²) in [4.78, 5) is 0. The second kappa shape index (κ2) is 4.41. The summed E-state index contributed by atoms with van der Waals surface area (Å²) >= 11 is 5.43. The fourth-order valence-electron chi connectivity index (χ4n) is 0.399. The zero-order chi connectivity index (χ0) is 5.70. The molecule has 0 bridgehead atoms. The van der Waals surface area contributed by atoms with Gasteiger partial charge in [-0.1, -0.05) is 19.8 Å². The van der Waals surface area contributed by atoms with E-state index in [1.807, 2.05) is 0 Å². The maximum atomic E-state index is 5.43. The molecular formula is C5H12ClN. The van der Waals surface area contributed by atoms with Crippen LogP contribution in [0, 0.1) is 0 Å². The Morgan fingerprint density at radius 1 is 1.71 bits per heavy atom. The molecule has 0 aromatic heterocycles. The van der Waals surface area contributed by atoms with Crippen LogP contribution in [0.5, 0.6) is 0 Å². The van der Waals surface area contributed by atoms with Crippen LogP contribution in [0.4, 0.5) is 0 Å². The van der Waals surface area contributed by atoms with Gasteiger partial charge in [-0.2, -0.15) is 0 Å². The zero-order valence-corrected chi connectivity index (χ0v) is 5.41. The van der Waals surface area contributed by atoms with Crippen molar-refractivity contribution in [3.63, 3.8) is 0 Å². The topological polar surface area (TPSA) is 26.0 Å². The van der Waals surface area contributed by atoms with Gasteiger partial charge in [0, 0.05) is 0 Å². The lowest BCUT2D eigenvalue weighted by Gasteiger charge is -1.97. The fourth-order valence-corrected chi connectivity index (χ4v) is 0.553. The lowest BCUT2D eigenvalue weighted by molar-refractivity contribution is 0.693. The number of hydrogen-bond donors (Lipinski definition) is 1. The Hall–Kier alpha value is 0.250. The normalized spacial score (nSPS) is 14.1. The Kier molecular flexibility index (Phi) is 4.57. The van der Waals surface area contributed by atoms with Gasteiger partial charge in [0.05, 0.1) is 5.50 Å². The SMILES string of the molecule is CCCCC(N)Cl. The fraction of sp³-hybridized carbons (Fsp3) is 1.00. The van der Waals surface area contributed by atoms with Crippen molar-refractivity contribution in [2.75, 3.05) is 0 Å². The predicted octanol–water partition coefficient (Wildman–Crippen LogP) is 1.70. The van der Waals surface area contributed by atoms with E-state index in [2.05, 4.69) is 6.92 Å². The largest absolute Gasteiger partial charge is 0.315 e. The third kappa shape index (κ3) is 6.25. The molecule has 2 heteroatoms. The number of halogens is 1. The molecule has 0 aromatic rings. The number of nitrogens with two attached hydrogens (primary N) is 1. The first-order valence-corrected chi connectivity index (χ1v) is 3.10. The monoisotopic (exact) mass is 121 g/mol. The molecule has 0 aromatic carbocycles. The number of unbranched alkanes of at least 4 members (excludes halogenated alkanes) is 1. The Morgan fingerprint density at radius 2 is 2.29 bits per heavy atom. The number of hydrogen-bond acceptors (Lipinski definition) is 1. The van der Waals surface area contributed by atoms with E-state index in [9.17, 15) is 0 Å². The highest BCUT2D eigenvalue weighted by molar-refractivity contribution is 6.20. The molecule has 0 saturated carbocycles. The van der Waals surface area contributed by atoms with Crippen LogP contribution in [0.25, 0.3) is 0 Å². The van der Waals surface area contributed by atoms with Crippen molar-refractivity contribution in [2.24, 2.45) is 5.73 Å². The molecule has 0 amide bonds. The molecule has 0 saturated heterocycles. The summed E-state index contributed by atoms with van der Waals surface area (Å²) in [6.45, 7) is 2.12. The molecule has 1 atom stereocenters. The molecule has 0 spiro atoms. The lowest BCUT2D eigenvalue weighted by atomic mass is 10.2. The third-order valence-corrected chi connectivity index (χ3v) is 1.05. The Labute approximate surface area is 49.8 Å². The minimum Gasteiger partial charge on any atom is -0.315 e. The molecule has 2 N–H and O–H groups in total. The quantitative estimate of drug-likeness (QED) is 0.447. The van der Waals surface area contributed by atoms with Crippen LogP contribution in [0.1, 0.15) is 26.2 Å². The van der Waals surface area contributed by atoms with E-state index in [1.165, 1.54) is 6.42 Å². The van der Waals surface area contributed by atoms with Gasteiger partial charge in [0.2, 0.25) is 0 Å². The Morgan fingerprint density at radius 3 is 2.43 bits per heavy atom. The molecule has 1 nitrogen and oxygen atoms in total. The molecule has 0 aliphatic heterocycles. The summed E-state index contributed by atoms with van der Waals surface area (Å²) < 4.78 is 0. The second-order valence-corrected chi connectivity index (χ2v) is 2.22. The van der Waals surface area contributed by atoms with Gasteiger partial charge in [0.25, 0.3) is 0 Å². The van der Waals surface area contributed by atoms with Gasteiger partial charge in [-0.25, -0.2) is 0 Å². The molecule has 0 heterocycles. The lowest BCUT2D eigenvalue weighted by Crippen LogP contribution is -2.10. The highest BCUT2D eigenvalue weighted by Crippen LogP contribution is 1.99. The second-order valence-electron chi connectivity index (χ2n) is 1.66. The Balaban J connectivity index is 2.68. The van der Waals surface area contributed by atoms with Crippen molar-refractivity contribution in [3.8, 4) is 0 Å². The van der Waals surface area contributed by atoms with Crippen LogP contribution >= 0.6 is 11.6 Å². The third-order valence-electron chi connectivity index (χ3n) is 0.833. The maximum absolute atomic E-state index is 5.43. The van der Waals surface area contributed by atoms with Gasteiger partial charge in [-0.15, -0.1) is 11.6 Å². The van der Waals surface area contributed by atoms with Crippen molar-refractivity contribution in [3.05, 3.63) is 0 Å². The summed E-state index contributed by atoms with van der Waals surface area (Å²) in [6.07, 6.45) is 3.27. The number of alkyl halides is 1. The molecule has 0 aliphatic carbocycles. The van der Waals surface area contributed by atoms with Crippen LogP contribution in [0.15, 0.2) is 0 Å². The first-order chi connectivity index (χ1) is 3.27. The van der Waals surface area contributed by atoms with Crippen molar-refractivity contribution < 1.29 is 0 Å². The van der Waals surface area contributed by atoms with E-state index in [-0.39, 0.29) is 5.50 Å². The molecule has 0 rings (SSSR count).